The summed E-state index contributed by atoms with van der Waals surface area (Å²) in [4.78, 5) is 10.8. The van der Waals surface area contributed by atoms with Gasteiger partial charge < -0.3 is 10.1 Å². The van der Waals surface area contributed by atoms with E-state index >= 15 is 0 Å². The van der Waals surface area contributed by atoms with Crippen molar-refractivity contribution in [2.45, 2.75) is 6.42 Å². The third-order valence-corrected chi connectivity index (χ3v) is 1.69. The van der Waals surface area contributed by atoms with Crippen molar-refractivity contribution in [2.24, 2.45) is 0 Å². The van der Waals surface area contributed by atoms with E-state index in [0.717, 1.165) is 0 Å². The van der Waals surface area contributed by atoms with E-state index < -0.39 is 0 Å². The minimum Gasteiger partial charge on any atom is -0.469 e. The highest BCUT2D eigenvalue weighted by atomic mass is 16.5. The molecule has 0 aromatic carbocycles. The maximum absolute atomic E-state index is 10.8. The molecule has 0 saturated heterocycles. The highest BCUT2D eigenvalue weighted by molar-refractivity contribution is 5.69. The SMILES string of the molecule is COC(=O)CCNc1nnccc1C#N. The van der Waals surface area contributed by atoms with Crippen molar-refractivity contribution in [3.8, 4) is 6.07 Å². The normalized spacial score (nSPS) is 9.07. The molecule has 1 heterocycles. The lowest BCUT2D eigenvalue weighted by molar-refractivity contribution is -0.140. The van der Waals surface area contributed by atoms with Crippen molar-refractivity contribution in [3.63, 3.8) is 0 Å². The largest absolute Gasteiger partial charge is 0.469 e. The monoisotopic (exact) mass is 206 g/mol. The van der Waals surface area contributed by atoms with E-state index in [-0.39, 0.29) is 12.4 Å². The van der Waals surface area contributed by atoms with Gasteiger partial charge in [-0.2, -0.15) is 10.4 Å². The number of anilines is 1. The first kappa shape index (κ1) is 10.9. The molecule has 0 atom stereocenters. The number of hydrogen-bond donors (Lipinski definition) is 1. The highest BCUT2D eigenvalue weighted by Crippen LogP contribution is 2.07. The van der Waals surface area contributed by atoms with Gasteiger partial charge in [0.2, 0.25) is 0 Å². The fourth-order valence-electron chi connectivity index (χ4n) is 0.938. The van der Waals surface area contributed by atoms with Crippen LogP contribution in [0.5, 0.6) is 0 Å². The van der Waals surface area contributed by atoms with Crippen LogP contribution in [0, 0.1) is 11.3 Å². The molecular formula is C9H10N4O2. The maximum atomic E-state index is 10.8. The fourth-order valence-corrected chi connectivity index (χ4v) is 0.938. The summed E-state index contributed by atoms with van der Waals surface area (Å²) in [5, 5.41) is 18.9. The number of nitrogens with one attached hydrogen (secondary N) is 1. The minimum absolute atomic E-state index is 0.220. The van der Waals surface area contributed by atoms with Gasteiger partial charge in [0.15, 0.2) is 5.82 Å². The molecule has 0 amide bonds. The topological polar surface area (TPSA) is 87.9 Å². The Morgan fingerprint density at radius 3 is 3.20 bits per heavy atom. The second-order valence-corrected chi connectivity index (χ2v) is 2.66. The molecule has 0 aliphatic carbocycles. The highest BCUT2D eigenvalue weighted by Gasteiger charge is 2.04. The number of carbonyl (C=O) groups is 1. The summed E-state index contributed by atoms with van der Waals surface area (Å²) in [6.07, 6.45) is 1.65. The van der Waals surface area contributed by atoms with E-state index in [1.165, 1.54) is 13.3 Å². The zero-order chi connectivity index (χ0) is 11.1. The summed E-state index contributed by atoms with van der Waals surface area (Å²) in [5.41, 5.74) is 0.398. The molecule has 1 N–H and O–H groups in total. The van der Waals surface area contributed by atoms with Crippen molar-refractivity contribution in [1.82, 2.24) is 10.2 Å². The van der Waals surface area contributed by atoms with Gasteiger partial charge in [0.1, 0.15) is 6.07 Å². The third kappa shape index (κ3) is 3.23. The lowest BCUT2D eigenvalue weighted by Gasteiger charge is -2.04. The Bertz CT molecular complexity index is 386. The molecule has 0 aliphatic heterocycles. The number of carbonyl (C=O) groups excluding carboxylic acids is 1. The van der Waals surface area contributed by atoms with Crippen molar-refractivity contribution >= 4 is 11.8 Å². The first-order chi connectivity index (χ1) is 7.27. The van der Waals surface area contributed by atoms with E-state index in [1.807, 2.05) is 6.07 Å². The van der Waals surface area contributed by atoms with Crippen LogP contribution < -0.4 is 5.32 Å². The van der Waals surface area contributed by atoms with Gasteiger partial charge in [-0.1, -0.05) is 0 Å². The summed E-state index contributed by atoms with van der Waals surface area (Å²) in [5.74, 6) is 0.0637. The van der Waals surface area contributed by atoms with Gasteiger partial charge >= 0.3 is 5.97 Å². The molecule has 0 spiro atoms. The predicted octanol–water partition coefficient (Wildman–Crippen LogP) is 0.323. The van der Waals surface area contributed by atoms with Gasteiger partial charge in [-0.3, -0.25) is 4.79 Å². The molecule has 0 fully saturated rings. The lowest BCUT2D eigenvalue weighted by Crippen LogP contribution is -2.11. The van der Waals surface area contributed by atoms with Crippen molar-refractivity contribution in [1.29, 1.82) is 5.26 Å². The molecule has 15 heavy (non-hydrogen) atoms. The van der Waals surface area contributed by atoms with E-state index in [1.54, 1.807) is 6.07 Å². The predicted molar refractivity (Wildman–Crippen MR) is 51.9 cm³/mol. The Morgan fingerprint density at radius 2 is 2.53 bits per heavy atom. The van der Waals surface area contributed by atoms with E-state index in [9.17, 15) is 4.79 Å². The molecule has 6 nitrogen and oxygen atoms in total. The van der Waals surface area contributed by atoms with Crippen LogP contribution in [0.25, 0.3) is 0 Å². The summed E-state index contributed by atoms with van der Waals surface area (Å²) in [6, 6.07) is 3.52. The number of rotatable bonds is 4. The molecule has 78 valence electrons. The number of nitriles is 1. The van der Waals surface area contributed by atoms with Crippen LogP contribution in [0.4, 0.5) is 5.82 Å². The number of esters is 1. The Hall–Kier alpha value is -2.16. The molecule has 0 aliphatic rings. The van der Waals surface area contributed by atoms with Crippen LogP contribution in [-0.2, 0) is 9.53 Å². The van der Waals surface area contributed by atoms with Crippen molar-refractivity contribution < 1.29 is 9.53 Å². The van der Waals surface area contributed by atoms with Gasteiger partial charge in [-0.05, 0) is 6.07 Å². The number of methoxy groups -OCH3 is 1. The van der Waals surface area contributed by atoms with Gasteiger partial charge in [0.05, 0.1) is 25.3 Å². The van der Waals surface area contributed by atoms with Crippen LogP contribution in [0.1, 0.15) is 12.0 Å². The molecule has 0 saturated carbocycles. The zero-order valence-corrected chi connectivity index (χ0v) is 8.23. The smallest absolute Gasteiger partial charge is 0.307 e. The van der Waals surface area contributed by atoms with Gasteiger partial charge in [0.25, 0.3) is 0 Å². The van der Waals surface area contributed by atoms with Crippen LogP contribution >= 0.6 is 0 Å². The summed E-state index contributed by atoms with van der Waals surface area (Å²) in [6.45, 7) is 0.361. The van der Waals surface area contributed by atoms with Gasteiger partial charge in [-0.25, -0.2) is 0 Å². The average molecular weight is 206 g/mol. The first-order valence-corrected chi connectivity index (χ1v) is 4.30. The average Bonchev–Trinajstić information content (AvgIpc) is 2.29. The molecule has 0 radical (unpaired) electrons. The van der Waals surface area contributed by atoms with Crippen molar-refractivity contribution in [2.75, 3.05) is 19.0 Å². The van der Waals surface area contributed by atoms with E-state index in [0.29, 0.717) is 17.9 Å². The zero-order valence-electron chi connectivity index (χ0n) is 8.23. The summed E-state index contributed by atoms with van der Waals surface area (Å²) < 4.78 is 4.46. The van der Waals surface area contributed by atoms with Crippen LogP contribution in [-0.4, -0.2) is 29.8 Å². The van der Waals surface area contributed by atoms with Crippen LogP contribution in [0.15, 0.2) is 12.3 Å². The molecule has 0 bridgehead atoms. The second kappa shape index (κ2) is 5.54. The van der Waals surface area contributed by atoms with Crippen molar-refractivity contribution in [3.05, 3.63) is 17.8 Å². The Morgan fingerprint density at radius 1 is 1.73 bits per heavy atom. The second-order valence-electron chi connectivity index (χ2n) is 2.66. The maximum Gasteiger partial charge on any atom is 0.307 e. The molecule has 1 aromatic heterocycles. The molecule has 1 aromatic rings. The van der Waals surface area contributed by atoms with Gasteiger partial charge in [0, 0.05) is 6.54 Å². The third-order valence-electron chi connectivity index (χ3n) is 1.69. The summed E-state index contributed by atoms with van der Waals surface area (Å²) in [7, 11) is 1.32. The van der Waals surface area contributed by atoms with Crippen LogP contribution in [0.3, 0.4) is 0 Å². The lowest BCUT2D eigenvalue weighted by atomic mass is 10.3. The first-order valence-electron chi connectivity index (χ1n) is 4.30. The molecule has 6 heteroatoms. The number of aromatic nitrogens is 2. The molecule has 0 unspecified atom stereocenters. The number of hydrogen-bond acceptors (Lipinski definition) is 6. The Balaban J connectivity index is 2.51. The molecule has 1 rings (SSSR count). The summed E-state index contributed by atoms with van der Waals surface area (Å²) >= 11 is 0. The Kier molecular flexibility index (Phi) is 4.04. The van der Waals surface area contributed by atoms with Gasteiger partial charge in [-0.15, -0.1) is 5.10 Å². The number of ether oxygens (including phenoxy) is 1. The molecular weight excluding hydrogens is 196 g/mol. The fraction of sp³-hybridized carbons (Fsp3) is 0.333. The van der Waals surface area contributed by atoms with E-state index in [4.69, 9.17) is 5.26 Å². The Labute approximate surface area is 86.9 Å². The standard InChI is InChI=1S/C9H10N4O2/c1-15-8(14)3-4-11-9-7(6-10)2-5-12-13-9/h2,5H,3-4H2,1H3,(H,11,13). The minimum atomic E-state index is -0.315. The van der Waals surface area contributed by atoms with E-state index in [2.05, 4.69) is 20.3 Å². The quantitative estimate of drug-likeness (QED) is 0.714. The number of nitrogens with zero attached hydrogens (tertiary/aromatic N) is 3. The van der Waals surface area contributed by atoms with Crippen LogP contribution in [0.2, 0.25) is 0 Å².